The normalized spacial score (nSPS) is 13.0. The van der Waals surface area contributed by atoms with Crippen molar-refractivity contribution in [2.75, 3.05) is 24.2 Å². The topological polar surface area (TPSA) is 62.6 Å². The summed E-state index contributed by atoms with van der Waals surface area (Å²) in [4.78, 5) is 25.5. The fraction of sp³-hybridized carbons (Fsp3) is 0.300. The second-order valence-electron chi connectivity index (χ2n) is 6.40. The summed E-state index contributed by atoms with van der Waals surface area (Å²) >= 11 is 0. The summed E-state index contributed by atoms with van der Waals surface area (Å²) in [6.45, 7) is 6.03. The SMILES string of the molecule is Cc1cccc(NC(=O)C[NH+](C)[C@@H](C)C(=O)Nc2ccccc2)c1C. The molecule has 132 valence electrons. The smallest absolute Gasteiger partial charge is 0.282 e. The highest BCUT2D eigenvalue weighted by molar-refractivity contribution is 5.94. The average molecular weight is 340 g/mol. The van der Waals surface area contributed by atoms with E-state index in [9.17, 15) is 9.59 Å². The van der Waals surface area contributed by atoms with Crippen molar-refractivity contribution in [3.05, 3.63) is 59.7 Å². The van der Waals surface area contributed by atoms with Crippen LogP contribution in [0.5, 0.6) is 0 Å². The van der Waals surface area contributed by atoms with Gasteiger partial charge in [0.2, 0.25) is 0 Å². The lowest BCUT2D eigenvalue weighted by atomic mass is 10.1. The van der Waals surface area contributed by atoms with E-state index in [4.69, 9.17) is 0 Å². The molecule has 0 heterocycles. The number of likely N-dealkylation sites (N-methyl/N-ethyl adjacent to an activating group) is 1. The van der Waals surface area contributed by atoms with Gasteiger partial charge in [-0.3, -0.25) is 9.59 Å². The molecule has 1 unspecified atom stereocenters. The largest absolute Gasteiger partial charge is 0.321 e. The van der Waals surface area contributed by atoms with Crippen molar-refractivity contribution in [1.29, 1.82) is 0 Å². The van der Waals surface area contributed by atoms with E-state index in [0.717, 1.165) is 27.4 Å². The molecular weight excluding hydrogens is 314 g/mol. The molecule has 0 saturated heterocycles. The minimum atomic E-state index is -0.343. The Morgan fingerprint density at radius 1 is 1.00 bits per heavy atom. The maximum atomic E-state index is 12.3. The van der Waals surface area contributed by atoms with Crippen LogP contribution in [0.4, 0.5) is 11.4 Å². The zero-order valence-corrected chi connectivity index (χ0v) is 15.2. The first-order valence-corrected chi connectivity index (χ1v) is 8.42. The number of benzene rings is 2. The Hall–Kier alpha value is -2.66. The first-order chi connectivity index (χ1) is 11.9. The lowest BCUT2D eigenvalue weighted by Crippen LogP contribution is -3.14. The van der Waals surface area contributed by atoms with E-state index < -0.39 is 0 Å². The number of carbonyl (C=O) groups is 2. The molecule has 2 atom stereocenters. The van der Waals surface area contributed by atoms with Gasteiger partial charge >= 0.3 is 0 Å². The molecule has 2 aromatic carbocycles. The molecule has 0 aromatic heterocycles. The van der Waals surface area contributed by atoms with Crippen molar-refractivity contribution in [3.63, 3.8) is 0 Å². The maximum absolute atomic E-state index is 12.3. The van der Waals surface area contributed by atoms with Gasteiger partial charge in [0.15, 0.2) is 12.6 Å². The van der Waals surface area contributed by atoms with Gasteiger partial charge in [0.25, 0.3) is 11.8 Å². The molecule has 5 nitrogen and oxygen atoms in total. The first-order valence-electron chi connectivity index (χ1n) is 8.42. The van der Waals surface area contributed by atoms with Crippen LogP contribution < -0.4 is 15.5 Å². The van der Waals surface area contributed by atoms with Crippen molar-refractivity contribution in [2.45, 2.75) is 26.8 Å². The lowest BCUT2D eigenvalue weighted by Gasteiger charge is -2.21. The number of hydrogen-bond donors (Lipinski definition) is 3. The van der Waals surface area contributed by atoms with Crippen LogP contribution in [0.15, 0.2) is 48.5 Å². The Morgan fingerprint density at radius 3 is 2.36 bits per heavy atom. The highest BCUT2D eigenvalue weighted by atomic mass is 16.2. The number of carbonyl (C=O) groups excluding carboxylic acids is 2. The quantitative estimate of drug-likeness (QED) is 0.751. The molecule has 0 saturated carbocycles. The molecule has 0 fully saturated rings. The third kappa shape index (κ3) is 5.16. The molecule has 0 aliphatic rings. The van der Waals surface area contributed by atoms with E-state index in [1.54, 1.807) is 0 Å². The number of hydrogen-bond acceptors (Lipinski definition) is 2. The third-order valence-electron chi connectivity index (χ3n) is 4.49. The molecule has 5 heteroatoms. The zero-order chi connectivity index (χ0) is 18.4. The predicted octanol–water partition coefficient (Wildman–Crippen LogP) is 1.78. The van der Waals surface area contributed by atoms with Crippen LogP contribution >= 0.6 is 0 Å². The highest BCUT2D eigenvalue weighted by Crippen LogP contribution is 2.17. The van der Waals surface area contributed by atoms with Gasteiger partial charge in [0, 0.05) is 11.4 Å². The van der Waals surface area contributed by atoms with E-state index >= 15 is 0 Å². The summed E-state index contributed by atoms with van der Waals surface area (Å²) < 4.78 is 0. The van der Waals surface area contributed by atoms with Crippen molar-refractivity contribution in [1.82, 2.24) is 0 Å². The standard InChI is InChI=1S/C20H25N3O2/c1-14-9-8-12-18(15(14)2)22-19(24)13-23(4)16(3)20(25)21-17-10-6-5-7-11-17/h5-12,16H,13H2,1-4H3,(H,21,25)(H,22,24)/p+1/t16-/m0/s1. The number of para-hydroxylation sites is 1. The molecule has 25 heavy (non-hydrogen) atoms. The average Bonchev–Trinajstić information content (AvgIpc) is 2.59. The van der Waals surface area contributed by atoms with E-state index in [0.29, 0.717) is 0 Å². The predicted molar refractivity (Wildman–Crippen MR) is 101 cm³/mol. The van der Waals surface area contributed by atoms with Gasteiger partial charge in [-0.2, -0.15) is 0 Å². The summed E-state index contributed by atoms with van der Waals surface area (Å²) in [6.07, 6.45) is 0. The Labute approximate surface area is 149 Å². The molecule has 0 radical (unpaired) electrons. The third-order valence-corrected chi connectivity index (χ3v) is 4.49. The van der Waals surface area contributed by atoms with Gasteiger partial charge in [-0.05, 0) is 50.1 Å². The summed E-state index contributed by atoms with van der Waals surface area (Å²) in [5.41, 5.74) is 3.77. The highest BCUT2D eigenvalue weighted by Gasteiger charge is 2.24. The number of rotatable bonds is 6. The van der Waals surface area contributed by atoms with Crippen molar-refractivity contribution in [3.8, 4) is 0 Å². The van der Waals surface area contributed by atoms with Gasteiger partial charge in [-0.25, -0.2) is 0 Å². The molecule has 3 N–H and O–H groups in total. The summed E-state index contributed by atoms with van der Waals surface area (Å²) in [7, 11) is 1.85. The Kier molecular flexibility index (Phi) is 6.31. The van der Waals surface area contributed by atoms with E-state index in [1.165, 1.54) is 0 Å². The fourth-order valence-corrected chi connectivity index (χ4v) is 2.48. The Balaban J connectivity index is 1.91. The van der Waals surface area contributed by atoms with E-state index in [1.807, 2.05) is 76.3 Å². The monoisotopic (exact) mass is 340 g/mol. The van der Waals surface area contributed by atoms with Crippen LogP contribution in [0.25, 0.3) is 0 Å². The van der Waals surface area contributed by atoms with Crippen molar-refractivity contribution < 1.29 is 14.5 Å². The molecule has 0 spiro atoms. The number of anilines is 2. The summed E-state index contributed by atoms with van der Waals surface area (Å²) in [5, 5.41) is 5.80. The van der Waals surface area contributed by atoms with Gasteiger partial charge in [-0.1, -0.05) is 30.3 Å². The molecular formula is C20H26N3O2+. The van der Waals surface area contributed by atoms with Crippen LogP contribution in [0.3, 0.4) is 0 Å². The maximum Gasteiger partial charge on any atom is 0.282 e. The van der Waals surface area contributed by atoms with Crippen molar-refractivity contribution in [2.24, 2.45) is 0 Å². The second-order valence-corrected chi connectivity index (χ2v) is 6.40. The minimum absolute atomic E-state index is 0.106. The van der Waals surface area contributed by atoms with E-state index in [-0.39, 0.29) is 24.4 Å². The van der Waals surface area contributed by atoms with Crippen LogP contribution in [0.2, 0.25) is 0 Å². The minimum Gasteiger partial charge on any atom is -0.321 e. The second kappa shape index (κ2) is 8.44. The molecule has 0 bridgehead atoms. The van der Waals surface area contributed by atoms with Crippen molar-refractivity contribution >= 4 is 23.2 Å². The Morgan fingerprint density at radius 2 is 1.68 bits per heavy atom. The molecule has 0 aliphatic heterocycles. The zero-order valence-electron chi connectivity index (χ0n) is 15.2. The number of aryl methyl sites for hydroxylation is 1. The fourth-order valence-electron chi connectivity index (χ4n) is 2.48. The van der Waals surface area contributed by atoms with Gasteiger partial charge < -0.3 is 15.5 Å². The van der Waals surface area contributed by atoms with Gasteiger partial charge in [-0.15, -0.1) is 0 Å². The molecule has 2 rings (SSSR count). The lowest BCUT2D eigenvalue weighted by molar-refractivity contribution is -0.885. The molecule has 0 aliphatic carbocycles. The van der Waals surface area contributed by atoms with Crippen LogP contribution in [-0.2, 0) is 9.59 Å². The summed E-state index contributed by atoms with van der Waals surface area (Å²) in [5.74, 6) is -0.214. The number of amides is 2. The number of nitrogens with one attached hydrogen (secondary N) is 3. The van der Waals surface area contributed by atoms with Gasteiger partial charge in [0.1, 0.15) is 0 Å². The van der Waals surface area contributed by atoms with Crippen LogP contribution in [0, 0.1) is 13.8 Å². The van der Waals surface area contributed by atoms with Crippen LogP contribution in [0.1, 0.15) is 18.1 Å². The van der Waals surface area contributed by atoms with E-state index in [2.05, 4.69) is 10.6 Å². The van der Waals surface area contributed by atoms with Gasteiger partial charge in [0.05, 0.1) is 7.05 Å². The summed E-state index contributed by atoms with van der Waals surface area (Å²) in [6, 6.07) is 14.8. The Bertz CT molecular complexity index is 744. The van der Waals surface area contributed by atoms with Crippen LogP contribution in [-0.4, -0.2) is 31.4 Å². The molecule has 2 aromatic rings. The first kappa shape index (κ1) is 18.7. The number of quaternary nitrogens is 1. The molecule has 2 amide bonds.